The highest BCUT2D eigenvalue weighted by molar-refractivity contribution is 5.97. The molecule has 188 valence electrons. The van der Waals surface area contributed by atoms with Crippen molar-refractivity contribution in [2.45, 2.75) is 32.1 Å². The first-order chi connectivity index (χ1) is 17.1. The zero-order valence-corrected chi connectivity index (χ0v) is 20.5. The maximum Gasteiger partial charge on any atom is 0.257 e. The van der Waals surface area contributed by atoms with Crippen molar-refractivity contribution in [2.75, 3.05) is 53.1 Å². The van der Waals surface area contributed by atoms with Gasteiger partial charge in [0, 0.05) is 38.4 Å². The van der Waals surface area contributed by atoms with E-state index in [9.17, 15) is 9.59 Å². The van der Waals surface area contributed by atoms with E-state index in [4.69, 9.17) is 14.2 Å². The van der Waals surface area contributed by atoms with Crippen LogP contribution in [-0.2, 0) is 9.53 Å². The summed E-state index contributed by atoms with van der Waals surface area (Å²) in [6, 6.07) is 11.2. The Kier molecular flexibility index (Phi) is 8.58. The first-order valence-electron chi connectivity index (χ1n) is 12.4. The minimum atomic E-state index is -0.0496. The number of carbonyl (C=O) groups is 2. The number of hydrogen-bond donors (Lipinski definition) is 0. The average Bonchev–Trinajstić information content (AvgIpc) is 2.90. The van der Waals surface area contributed by atoms with Crippen molar-refractivity contribution >= 4 is 11.8 Å². The van der Waals surface area contributed by atoms with Crippen LogP contribution in [0.3, 0.4) is 0 Å². The maximum absolute atomic E-state index is 13.4. The number of nitrogens with zero attached hydrogens (tertiary/aromatic N) is 3. The summed E-state index contributed by atoms with van der Waals surface area (Å²) in [5, 5.41) is 0. The Balaban J connectivity index is 1.53. The molecule has 3 aliphatic heterocycles. The van der Waals surface area contributed by atoms with Crippen molar-refractivity contribution < 1.29 is 23.8 Å². The standard InChI is InChI=1S/C27H35N3O5/c1-33-20-25(31)29-14-5-4-10-27(21-35-22-7-6-13-28-19-22)11-15-30(16-12-27)26(32)23-8-2-3-9-24(23)34-18-17-29/h2-3,6-9,13,19H,4-5,10-12,14-18,20-21H2,1H3. The number of methoxy groups -OCH3 is 1. The van der Waals surface area contributed by atoms with E-state index < -0.39 is 0 Å². The molecular formula is C27H35N3O5. The highest BCUT2D eigenvalue weighted by Gasteiger charge is 2.37. The monoisotopic (exact) mass is 481 g/mol. The molecule has 0 N–H and O–H groups in total. The van der Waals surface area contributed by atoms with Crippen LogP contribution < -0.4 is 9.47 Å². The van der Waals surface area contributed by atoms with E-state index in [1.807, 2.05) is 41.3 Å². The number of carbonyl (C=O) groups excluding carboxylic acids is 2. The molecule has 0 aliphatic carbocycles. The number of aromatic nitrogens is 1. The van der Waals surface area contributed by atoms with Crippen LogP contribution in [0.2, 0.25) is 0 Å². The van der Waals surface area contributed by atoms with Gasteiger partial charge in [0.15, 0.2) is 0 Å². The van der Waals surface area contributed by atoms with Crippen LogP contribution in [0.5, 0.6) is 11.5 Å². The normalized spacial score (nSPS) is 18.7. The van der Waals surface area contributed by atoms with E-state index in [0.717, 1.165) is 37.9 Å². The van der Waals surface area contributed by atoms with Crippen molar-refractivity contribution in [3.05, 3.63) is 54.4 Å². The number of ether oxygens (including phenoxy) is 3. The maximum atomic E-state index is 13.4. The zero-order valence-electron chi connectivity index (χ0n) is 20.5. The van der Waals surface area contributed by atoms with Gasteiger partial charge < -0.3 is 24.0 Å². The number of para-hydroxylation sites is 1. The predicted octanol–water partition coefficient (Wildman–Crippen LogP) is 3.42. The smallest absolute Gasteiger partial charge is 0.257 e. The lowest BCUT2D eigenvalue weighted by molar-refractivity contribution is -0.135. The highest BCUT2D eigenvalue weighted by Crippen LogP contribution is 2.38. The predicted molar refractivity (Wildman–Crippen MR) is 132 cm³/mol. The van der Waals surface area contributed by atoms with Crippen molar-refractivity contribution in [1.29, 1.82) is 0 Å². The average molecular weight is 482 g/mol. The van der Waals surface area contributed by atoms with Gasteiger partial charge in [-0.15, -0.1) is 0 Å². The molecule has 4 heterocycles. The molecule has 0 saturated carbocycles. The van der Waals surface area contributed by atoms with Gasteiger partial charge in [-0.1, -0.05) is 18.6 Å². The number of pyridine rings is 1. The molecule has 2 aromatic rings. The molecule has 0 unspecified atom stereocenters. The second-order valence-electron chi connectivity index (χ2n) is 9.39. The molecule has 5 rings (SSSR count). The lowest BCUT2D eigenvalue weighted by Gasteiger charge is -2.42. The summed E-state index contributed by atoms with van der Waals surface area (Å²) in [5.41, 5.74) is 0.542. The zero-order chi connectivity index (χ0) is 24.5. The fourth-order valence-corrected chi connectivity index (χ4v) is 4.90. The van der Waals surface area contributed by atoms with E-state index in [1.54, 1.807) is 17.3 Å². The Hall–Kier alpha value is -3.13. The van der Waals surface area contributed by atoms with E-state index in [0.29, 0.717) is 50.7 Å². The minimum absolute atomic E-state index is 0.00966. The number of amides is 2. The Bertz CT molecular complexity index is 976. The summed E-state index contributed by atoms with van der Waals surface area (Å²) in [5.74, 6) is 1.26. The van der Waals surface area contributed by atoms with E-state index in [-0.39, 0.29) is 23.8 Å². The van der Waals surface area contributed by atoms with Crippen LogP contribution in [0.15, 0.2) is 48.8 Å². The third-order valence-corrected chi connectivity index (χ3v) is 7.03. The van der Waals surface area contributed by atoms with Crippen molar-refractivity contribution in [1.82, 2.24) is 14.8 Å². The Morgan fingerprint density at radius 3 is 2.66 bits per heavy atom. The second-order valence-corrected chi connectivity index (χ2v) is 9.39. The van der Waals surface area contributed by atoms with Crippen LogP contribution in [0.4, 0.5) is 0 Å². The van der Waals surface area contributed by atoms with Crippen molar-refractivity contribution in [3.63, 3.8) is 0 Å². The van der Waals surface area contributed by atoms with Crippen LogP contribution in [0.25, 0.3) is 0 Å². The van der Waals surface area contributed by atoms with Gasteiger partial charge in [-0.25, -0.2) is 0 Å². The Labute approximate surface area is 207 Å². The molecule has 8 nitrogen and oxygen atoms in total. The lowest BCUT2D eigenvalue weighted by atomic mass is 9.75. The molecule has 1 aromatic heterocycles. The van der Waals surface area contributed by atoms with E-state index in [1.165, 1.54) is 7.11 Å². The number of rotatable bonds is 5. The summed E-state index contributed by atoms with van der Waals surface area (Å²) in [7, 11) is 1.53. The fraction of sp³-hybridized carbons (Fsp3) is 0.519. The van der Waals surface area contributed by atoms with Gasteiger partial charge in [0.1, 0.15) is 24.7 Å². The molecule has 2 bridgehead atoms. The van der Waals surface area contributed by atoms with Crippen molar-refractivity contribution in [2.24, 2.45) is 5.41 Å². The third-order valence-electron chi connectivity index (χ3n) is 7.03. The van der Waals surface area contributed by atoms with Gasteiger partial charge in [0.2, 0.25) is 5.91 Å². The van der Waals surface area contributed by atoms with Crippen LogP contribution in [0, 0.1) is 5.41 Å². The molecular weight excluding hydrogens is 446 g/mol. The number of hydrogen-bond acceptors (Lipinski definition) is 6. The van der Waals surface area contributed by atoms with Gasteiger partial charge in [-0.05, 0) is 49.9 Å². The summed E-state index contributed by atoms with van der Waals surface area (Å²) < 4.78 is 17.2. The number of benzene rings is 1. The molecule has 1 fully saturated rings. The van der Waals surface area contributed by atoms with Crippen LogP contribution >= 0.6 is 0 Å². The van der Waals surface area contributed by atoms with Crippen LogP contribution in [0.1, 0.15) is 42.5 Å². The van der Waals surface area contributed by atoms with Gasteiger partial charge >= 0.3 is 0 Å². The van der Waals surface area contributed by atoms with Crippen molar-refractivity contribution in [3.8, 4) is 11.5 Å². The second kappa shape index (κ2) is 12.0. The minimum Gasteiger partial charge on any atom is -0.491 e. The third kappa shape index (κ3) is 6.51. The molecule has 0 atom stereocenters. The SMILES string of the molecule is COCC(=O)N1CCCCC2(COc3cccnc3)CCN(CC2)C(=O)c2ccccc2OCC1. The fourth-order valence-electron chi connectivity index (χ4n) is 4.90. The van der Waals surface area contributed by atoms with E-state index in [2.05, 4.69) is 4.98 Å². The topological polar surface area (TPSA) is 81.2 Å². The molecule has 0 radical (unpaired) electrons. The van der Waals surface area contributed by atoms with E-state index >= 15 is 0 Å². The largest absolute Gasteiger partial charge is 0.491 e. The van der Waals surface area contributed by atoms with Gasteiger partial charge in [0.05, 0.1) is 24.9 Å². The molecule has 8 heteroatoms. The summed E-state index contributed by atoms with van der Waals surface area (Å²) in [6.45, 7) is 3.42. The molecule has 1 aromatic carbocycles. The lowest BCUT2D eigenvalue weighted by Crippen LogP contribution is -2.45. The Morgan fingerprint density at radius 1 is 1.06 bits per heavy atom. The summed E-state index contributed by atoms with van der Waals surface area (Å²) in [4.78, 5) is 33.9. The number of fused-ring (bicyclic) bond motifs is 9. The summed E-state index contributed by atoms with van der Waals surface area (Å²) in [6.07, 6.45) is 8.05. The first kappa shape index (κ1) is 25.0. The molecule has 3 aliphatic rings. The molecule has 1 saturated heterocycles. The first-order valence-corrected chi connectivity index (χ1v) is 12.4. The molecule has 2 amide bonds. The molecule has 35 heavy (non-hydrogen) atoms. The summed E-state index contributed by atoms with van der Waals surface area (Å²) >= 11 is 0. The van der Waals surface area contributed by atoms with Gasteiger partial charge in [-0.3, -0.25) is 14.6 Å². The van der Waals surface area contributed by atoms with Gasteiger partial charge in [0.25, 0.3) is 5.91 Å². The number of piperidine rings is 1. The highest BCUT2D eigenvalue weighted by atomic mass is 16.5. The van der Waals surface area contributed by atoms with Crippen LogP contribution in [-0.4, -0.2) is 79.7 Å². The quantitative estimate of drug-likeness (QED) is 0.651. The molecule has 0 spiro atoms. The Morgan fingerprint density at radius 2 is 1.89 bits per heavy atom. The van der Waals surface area contributed by atoms with Gasteiger partial charge in [-0.2, -0.15) is 0 Å².